The first-order valence-corrected chi connectivity index (χ1v) is 7.68. The van der Waals surface area contributed by atoms with Crippen molar-refractivity contribution in [2.45, 2.75) is 0 Å². The Labute approximate surface area is 75.6 Å². The summed E-state index contributed by atoms with van der Waals surface area (Å²) in [4.78, 5) is 17.9. The van der Waals surface area contributed by atoms with Crippen LogP contribution >= 0.6 is 27.8 Å². The molecule has 0 aliphatic heterocycles. The molecule has 1 atom stereocenters. The van der Waals surface area contributed by atoms with E-state index in [0.29, 0.717) is 0 Å². The maximum absolute atomic E-state index is 11.1. The fourth-order valence-electron chi connectivity index (χ4n) is 0.377. The van der Waals surface area contributed by atoms with Crippen molar-refractivity contribution in [3.8, 4) is 0 Å². The van der Waals surface area contributed by atoms with Crippen molar-refractivity contribution in [2.75, 3.05) is 20.0 Å². The third kappa shape index (κ3) is 5.45. The van der Waals surface area contributed by atoms with Gasteiger partial charge in [0, 0.05) is 0 Å². The van der Waals surface area contributed by atoms with Gasteiger partial charge in [-0.1, -0.05) is 0 Å². The van der Waals surface area contributed by atoms with Gasteiger partial charge in [-0.3, -0.25) is 0 Å². The first kappa shape index (κ1) is 12.8. The minimum absolute atomic E-state index is 0.720. The standard InChI is InChI=1S/C3H12O6P2S/c1-7-10(2,4)8-11(5,6)9-12-3/h5-6,11H,1-3H3. The molecule has 0 aromatic rings. The predicted octanol–water partition coefficient (Wildman–Crippen LogP) is 1.16. The molecule has 0 aliphatic carbocycles. The number of hydrogen-bond donors (Lipinski definition) is 2. The summed E-state index contributed by atoms with van der Waals surface area (Å²) in [6, 6.07) is 0. The molecule has 2 N–H and O–H groups in total. The topological polar surface area (TPSA) is 85.2 Å². The van der Waals surface area contributed by atoms with Crippen LogP contribution in [0.15, 0.2) is 0 Å². The Morgan fingerprint density at radius 1 is 1.50 bits per heavy atom. The van der Waals surface area contributed by atoms with Gasteiger partial charge < -0.3 is 0 Å². The molecule has 0 rings (SSSR count). The quantitative estimate of drug-likeness (QED) is 0.549. The van der Waals surface area contributed by atoms with Gasteiger partial charge in [0.05, 0.1) is 0 Å². The Hall–Kier alpha value is 0.810. The van der Waals surface area contributed by atoms with Crippen LogP contribution in [0.4, 0.5) is 0 Å². The van der Waals surface area contributed by atoms with Crippen molar-refractivity contribution in [3.63, 3.8) is 0 Å². The van der Waals surface area contributed by atoms with E-state index < -0.39 is 15.8 Å². The molecule has 1 unspecified atom stereocenters. The Kier molecular flexibility index (Phi) is 5.21. The number of hydrogen-bond acceptors (Lipinski definition) is 7. The monoisotopic (exact) mass is 238 g/mol. The van der Waals surface area contributed by atoms with E-state index in [4.69, 9.17) is 9.79 Å². The summed E-state index contributed by atoms with van der Waals surface area (Å²) < 4.78 is 24.1. The van der Waals surface area contributed by atoms with E-state index >= 15 is 0 Å². The van der Waals surface area contributed by atoms with Crippen molar-refractivity contribution in [3.05, 3.63) is 0 Å². The normalized spacial score (nSPS) is 18.8. The van der Waals surface area contributed by atoms with Crippen LogP contribution in [0, 0.1) is 0 Å². The SMILES string of the molecule is COP(C)(=O)O[PH](O)(O)OSC. The van der Waals surface area contributed by atoms with Gasteiger partial charge in [0.2, 0.25) is 0 Å². The van der Waals surface area contributed by atoms with Gasteiger partial charge in [0.25, 0.3) is 0 Å². The van der Waals surface area contributed by atoms with E-state index in [1.807, 2.05) is 0 Å². The molecule has 0 aliphatic rings. The zero-order valence-electron chi connectivity index (χ0n) is 6.88. The van der Waals surface area contributed by atoms with Crippen molar-refractivity contribution >= 4 is 27.8 Å². The second-order valence-electron chi connectivity index (χ2n) is 1.84. The molecular formula is C3H12O6P2S. The second kappa shape index (κ2) is 4.88. The van der Waals surface area contributed by atoms with Crippen molar-refractivity contribution in [1.82, 2.24) is 0 Å². The summed E-state index contributed by atoms with van der Waals surface area (Å²) >= 11 is 0.720. The molecule has 0 aromatic carbocycles. The van der Waals surface area contributed by atoms with E-state index in [1.54, 1.807) is 0 Å². The minimum atomic E-state index is -4.28. The molecular weight excluding hydrogens is 226 g/mol. The van der Waals surface area contributed by atoms with Crippen molar-refractivity contribution in [1.29, 1.82) is 0 Å². The first-order chi connectivity index (χ1) is 5.33. The summed E-state index contributed by atoms with van der Waals surface area (Å²) in [6.45, 7) is 1.12. The maximum atomic E-state index is 11.1. The first-order valence-electron chi connectivity index (χ1n) is 2.83. The van der Waals surface area contributed by atoms with Crippen LogP contribution in [0.2, 0.25) is 0 Å². The molecule has 6 nitrogen and oxygen atoms in total. The molecule has 0 saturated heterocycles. The molecule has 0 saturated carbocycles. The third-order valence-electron chi connectivity index (χ3n) is 0.808. The van der Waals surface area contributed by atoms with Crippen LogP contribution in [-0.2, 0) is 17.4 Å². The molecule has 0 bridgehead atoms. The van der Waals surface area contributed by atoms with Gasteiger partial charge in [0.1, 0.15) is 0 Å². The third-order valence-corrected chi connectivity index (χ3v) is 5.28. The van der Waals surface area contributed by atoms with Gasteiger partial charge in [-0.15, -0.1) is 0 Å². The predicted molar refractivity (Wildman–Crippen MR) is 49.0 cm³/mol. The number of rotatable bonds is 5. The van der Waals surface area contributed by atoms with Crippen LogP contribution in [-0.4, -0.2) is 29.8 Å². The molecule has 0 aromatic heterocycles. The Morgan fingerprint density at radius 3 is 2.33 bits per heavy atom. The van der Waals surface area contributed by atoms with Crippen LogP contribution in [0.25, 0.3) is 0 Å². The van der Waals surface area contributed by atoms with Gasteiger partial charge >= 0.3 is 75.0 Å². The summed E-state index contributed by atoms with van der Waals surface area (Å²) in [7, 11) is -6.54. The molecule has 9 heteroatoms. The molecule has 76 valence electrons. The Bertz CT molecular complexity index is 184. The van der Waals surface area contributed by atoms with Crippen LogP contribution < -0.4 is 0 Å². The van der Waals surface area contributed by atoms with Gasteiger partial charge in [-0.05, 0) is 0 Å². The second-order valence-corrected chi connectivity index (χ2v) is 6.58. The van der Waals surface area contributed by atoms with Gasteiger partial charge in [0.15, 0.2) is 0 Å². The molecule has 0 amide bonds. The van der Waals surface area contributed by atoms with Crippen molar-refractivity contribution in [2.24, 2.45) is 0 Å². The van der Waals surface area contributed by atoms with E-state index in [1.165, 1.54) is 6.26 Å². The average Bonchev–Trinajstić information content (AvgIpc) is 1.85. The summed E-state index contributed by atoms with van der Waals surface area (Å²) in [5.74, 6) is 0. The van der Waals surface area contributed by atoms with E-state index in [2.05, 4.69) is 12.8 Å². The fraction of sp³-hybridized carbons (Fsp3) is 1.00. The average molecular weight is 238 g/mol. The van der Waals surface area contributed by atoms with Crippen LogP contribution in [0.1, 0.15) is 0 Å². The molecule has 0 radical (unpaired) electrons. The summed E-state index contributed by atoms with van der Waals surface area (Å²) in [6.07, 6.45) is 1.48. The zero-order chi connectivity index (χ0) is 9.83. The molecule has 0 heterocycles. The molecule has 12 heavy (non-hydrogen) atoms. The van der Waals surface area contributed by atoms with E-state index in [9.17, 15) is 4.57 Å². The van der Waals surface area contributed by atoms with Crippen LogP contribution in [0.3, 0.4) is 0 Å². The Morgan fingerprint density at radius 2 is 2.00 bits per heavy atom. The fourth-order valence-corrected chi connectivity index (χ4v) is 3.67. The zero-order valence-corrected chi connectivity index (χ0v) is 9.59. The van der Waals surface area contributed by atoms with Gasteiger partial charge in [-0.25, -0.2) is 0 Å². The molecule has 0 spiro atoms. The van der Waals surface area contributed by atoms with E-state index in [0.717, 1.165) is 25.8 Å². The van der Waals surface area contributed by atoms with Crippen molar-refractivity contribution < 1.29 is 27.2 Å². The summed E-state index contributed by atoms with van der Waals surface area (Å²) in [5, 5.41) is 0. The Balaban J connectivity index is 4.14. The van der Waals surface area contributed by atoms with Gasteiger partial charge in [-0.2, -0.15) is 0 Å². The van der Waals surface area contributed by atoms with E-state index in [-0.39, 0.29) is 0 Å². The van der Waals surface area contributed by atoms with Crippen LogP contribution in [0.5, 0.6) is 0 Å². The molecule has 0 fully saturated rings. The summed E-state index contributed by atoms with van der Waals surface area (Å²) in [5.41, 5.74) is 0.